The summed E-state index contributed by atoms with van der Waals surface area (Å²) in [4.78, 5) is 7.14. The average Bonchev–Trinajstić information content (AvgIpc) is 2.45. The molecule has 0 amide bonds. The van der Waals surface area contributed by atoms with Crippen molar-refractivity contribution in [2.75, 3.05) is 18.5 Å². The highest BCUT2D eigenvalue weighted by atomic mass is 15.3. The van der Waals surface area contributed by atoms with Crippen LogP contribution in [-0.4, -0.2) is 23.0 Å². The molecule has 1 aliphatic heterocycles. The van der Waals surface area contributed by atoms with E-state index in [-0.39, 0.29) is 0 Å². The number of para-hydroxylation sites is 1. The van der Waals surface area contributed by atoms with Gasteiger partial charge in [0.05, 0.1) is 5.52 Å². The van der Waals surface area contributed by atoms with Gasteiger partial charge in [0, 0.05) is 24.0 Å². The van der Waals surface area contributed by atoms with Gasteiger partial charge >= 0.3 is 0 Å². The number of rotatable bonds is 3. The number of pyridine rings is 1. The minimum atomic E-state index is 0.402. The molecule has 1 fully saturated rings. The van der Waals surface area contributed by atoms with Crippen molar-refractivity contribution in [3.05, 3.63) is 35.9 Å². The summed E-state index contributed by atoms with van der Waals surface area (Å²) >= 11 is 0. The fourth-order valence-electron chi connectivity index (χ4n) is 3.33. The molecule has 0 saturated carbocycles. The standard InChI is InChI=1S/C17H24N4/c1-17(2)8-5-9-21(12-17)11-14-10-13-6-3-4-7-15(13)19-16(14)20-18/h3-4,6-7,10H,5,8-9,11-12,18H2,1-2H3,(H,19,20). The zero-order valence-electron chi connectivity index (χ0n) is 12.9. The van der Waals surface area contributed by atoms with Crippen LogP contribution in [0.4, 0.5) is 5.82 Å². The minimum absolute atomic E-state index is 0.402. The number of benzene rings is 1. The zero-order chi connectivity index (χ0) is 14.9. The summed E-state index contributed by atoms with van der Waals surface area (Å²) < 4.78 is 0. The quantitative estimate of drug-likeness (QED) is 0.671. The summed E-state index contributed by atoms with van der Waals surface area (Å²) in [6.07, 6.45) is 2.57. The number of anilines is 1. The first-order valence-corrected chi connectivity index (χ1v) is 7.65. The van der Waals surface area contributed by atoms with Gasteiger partial charge in [-0.15, -0.1) is 0 Å². The Labute approximate surface area is 126 Å². The highest BCUT2D eigenvalue weighted by Gasteiger charge is 2.26. The van der Waals surface area contributed by atoms with Crippen LogP contribution in [-0.2, 0) is 6.54 Å². The van der Waals surface area contributed by atoms with Gasteiger partial charge in [0.25, 0.3) is 0 Å². The number of nitrogens with one attached hydrogen (secondary N) is 1. The van der Waals surface area contributed by atoms with E-state index in [0.29, 0.717) is 5.41 Å². The first-order chi connectivity index (χ1) is 10.1. The normalized spacial score (nSPS) is 18.8. The van der Waals surface area contributed by atoms with Crippen molar-refractivity contribution in [2.45, 2.75) is 33.2 Å². The molecule has 4 heteroatoms. The summed E-state index contributed by atoms with van der Waals surface area (Å²) in [6, 6.07) is 10.4. The van der Waals surface area contributed by atoms with E-state index < -0.39 is 0 Å². The molecule has 1 aliphatic rings. The third kappa shape index (κ3) is 3.17. The first-order valence-electron chi connectivity index (χ1n) is 7.65. The Hall–Kier alpha value is -1.65. The van der Waals surface area contributed by atoms with Crippen molar-refractivity contribution in [1.82, 2.24) is 9.88 Å². The molecule has 3 rings (SSSR count). The predicted octanol–water partition coefficient (Wildman–Crippen LogP) is 3.14. The Morgan fingerprint density at radius 1 is 1.33 bits per heavy atom. The van der Waals surface area contributed by atoms with Crippen LogP contribution in [0.1, 0.15) is 32.3 Å². The number of aromatic nitrogens is 1. The summed E-state index contributed by atoms with van der Waals surface area (Å²) in [5.41, 5.74) is 5.32. The van der Waals surface area contributed by atoms with Crippen LogP contribution < -0.4 is 11.3 Å². The van der Waals surface area contributed by atoms with E-state index in [9.17, 15) is 0 Å². The van der Waals surface area contributed by atoms with E-state index in [4.69, 9.17) is 5.84 Å². The van der Waals surface area contributed by atoms with Crippen LogP contribution in [0.2, 0.25) is 0 Å². The maximum Gasteiger partial charge on any atom is 0.145 e. The van der Waals surface area contributed by atoms with E-state index in [0.717, 1.165) is 31.0 Å². The second-order valence-corrected chi connectivity index (χ2v) is 6.81. The average molecular weight is 284 g/mol. The van der Waals surface area contributed by atoms with Gasteiger partial charge in [-0.25, -0.2) is 10.8 Å². The van der Waals surface area contributed by atoms with E-state index in [2.05, 4.69) is 41.3 Å². The number of nitrogens with zero attached hydrogens (tertiary/aromatic N) is 2. The maximum absolute atomic E-state index is 5.67. The predicted molar refractivity (Wildman–Crippen MR) is 87.8 cm³/mol. The van der Waals surface area contributed by atoms with Gasteiger partial charge in [0.15, 0.2) is 0 Å². The highest BCUT2D eigenvalue weighted by molar-refractivity contribution is 5.81. The van der Waals surface area contributed by atoms with E-state index in [1.54, 1.807) is 0 Å². The number of hydrogen-bond acceptors (Lipinski definition) is 4. The van der Waals surface area contributed by atoms with Crippen LogP contribution in [0.15, 0.2) is 30.3 Å². The van der Waals surface area contributed by atoms with Gasteiger partial charge in [-0.3, -0.25) is 4.90 Å². The van der Waals surface area contributed by atoms with Gasteiger partial charge in [0.2, 0.25) is 0 Å². The molecule has 2 heterocycles. The van der Waals surface area contributed by atoms with Crippen molar-refractivity contribution < 1.29 is 0 Å². The fourth-order valence-corrected chi connectivity index (χ4v) is 3.33. The van der Waals surface area contributed by atoms with Gasteiger partial charge in [-0.05, 0) is 36.9 Å². The lowest BCUT2D eigenvalue weighted by atomic mass is 9.84. The number of nitrogens with two attached hydrogens (primary N) is 1. The van der Waals surface area contributed by atoms with Crippen molar-refractivity contribution >= 4 is 16.7 Å². The number of hydrazine groups is 1. The Morgan fingerprint density at radius 3 is 2.90 bits per heavy atom. The molecule has 1 aromatic heterocycles. The lowest BCUT2D eigenvalue weighted by Gasteiger charge is -2.38. The molecule has 0 radical (unpaired) electrons. The number of fused-ring (bicyclic) bond motifs is 1. The van der Waals surface area contributed by atoms with Gasteiger partial charge in [-0.1, -0.05) is 32.0 Å². The van der Waals surface area contributed by atoms with E-state index in [1.807, 2.05) is 18.2 Å². The molecule has 4 nitrogen and oxygen atoms in total. The fraction of sp³-hybridized carbons (Fsp3) is 0.471. The van der Waals surface area contributed by atoms with Crippen LogP contribution >= 0.6 is 0 Å². The second-order valence-electron chi connectivity index (χ2n) is 6.81. The molecule has 1 saturated heterocycles. The van der Waals surface area contributed by atoms with Crippen molar-refractivity contribution in [2.24, 2.45) is 11.3 Å². The Balaban J connectivity index is 1.88. The number of piperidine rings is 1. The van der Waals surface area contributed by atoms with Gasteiger partial charge in [-0.2, -0.15) is 0 Å². The Bertz CT molecular complexity index is 636. The molecule has 3 N–H and O–H groups in total. The Kier molecular flexibility index (Phi) is 3.83. The van der Waals surface area contributed by atoms with Crippen LogP contribution in [0.5, 0.6) is 0 Å². The van der Waals surface area contributed by atoms with Crippen LogP contribution in [0, 0.1) is 5.41 Å². The van der Waals surface area contributed by atoms with Crippen molar-refractivity contribution in [3.8, 4) is 0 Å². The highest BCUT2D eigenvalue weighted by Crippen LogP contribution is 2.30. The Morgan fingerprint density at radius 2 is 2.14 bits per heavy atom. The molecule has 21 heavy (non-hydrogen) atoms. The second kappa shape index (κ2) is 5.62. The van der Waals surface area contributed by atoms with E-state index in [1.165, 1.54) is 23.8 Å². The number of nitrogen functional groups attached to an aromatic ring is 1. The molecule has 0 spiro atoms. The largest absolute Gasteiger partial charge is 0.308 e. The monoisotopic (exact) mass is 284 g/mol. The summed E-state index contributed by atoms with van der Waals surface area (Å²) in [6.45, 7) is 7.88. The molecule has 0 aliphatic carbocycles. The number of hydrogen-bond donors (Lipinski definition) is 2. The zero-order valence-corrected chi connectivity index (χ0v) is 12.9. The third-order valence-corrected chi connectivity index (χ3v) is 4.31. The third-order valence-electron chi connectivity index (χ3n) is 4.31. The first kappa shape index (κ1) is 14.3. The SMILES string of the molecule is CC1(C)CCCN(Cc2cc3ccccc3nc2NN)C1. The summed E-state index contributed by atoms with van der Waals surface area (Å²) in [5.74, 6) is 6.46. The summed E-state index contributed by atoms with van der Waals surface area (Å²) in [5, 5.41) is 1.17. The van der Waals surface area contributed by atoms with E-state index >= 15 is 0 Å². The lowest BCUT2D eigenvalue weighted by Crippen LogP contribution is -2.39. The molecule has 1 aromatic carbocycles. The van der Waals surface area contributed by atoms with Gasteiger partial charge in [0.1, 0.15) is 5.82 Å². The molecule has 112 valence electrons. The number of likely N-dealkylation sites (tertiary alicyclic amines) is 1. The van der Waals surface area contributed by atoms with Crippen LogP contribution in [0.25, 0.3) is 10.9 Å². The molecule has 0 atom stereocenters. The van der Waals surface area contributed by atoms with Gasteiger partial charge < -0.3 is 5.43 Å². The smallest absolute Gasteiger partial charge is 0.145 e. The van der Waals surface area contributed by atoms with Crippen LogP contribution in [0.3, 0.4) is 0 Å². The molecular formula is C17H24N4. The molecule has 2 aromatic rings. The topological polar surface area (TPSA) is 54.2 Å². The van der Waals surface area contributed by atoms with Crippen molar-refractivity contribution in [1.29, 1.82) is 0 Å². The molecular weight excluding hydrogens is 260 g/mol. The lowest BCUT2D eigenvalue weighted by molar-refractivity contribution is 0.112. The van der Waals surface area contributed by atoms with Crippen molar-refractivity contribution in [3.63, 3.8) is 0 Å². The molecule has 0 unspecified atom stereocenters. The minimum Gasteiger partial charge on any atom is -0.308 e. The summed E-state index contributed by atoms with van der Waals surface area (Å²) in [7, 11) is 0. The maximum atomic E-state index is 5.67. The molecule has 0 bridgehead atoms.